The zero-order valence-electron chi connectivity index (χ0n) is 10.5. The average molecular weight is 302 g/mol. The Morgan fingerprint density at radius 1 is 1.47 bits per heavy atom. The van der Waals surface area contributed by atoms with E-state index in [1.165, 1.54) is 0 Å². The molecular formula is C13H17Cl2N3O. The first-order chi connectivity index (χ1) is 9.15. The Balaban J connectivity index is 1.83. The molecule has 1 unspecified atom stereocenters. The molecule has 1 saturated heterocycles. The molecule has 1 heterocycles. The zero-order chi connectivity index (χ0) is 13.7. The van der Waals surface area contributed by atoms with Crippen LogP contribution in [0.2, 0.25) is 10.0 Å². The number of nitrogens with two attached hydrogens (primary N) is 1. The van der Waals surface area contributed by atoms with E-state index in [1.807, 2.05) is 6.07 Å². The summed E-state index contributed by atoms with van der Waals surface area (Å²) >= 11 is 11.9. The van der Waals surface area contributed by atoms with Crippen LogP contribution in [-0.2, 0) is 11.3 Å². The van der Waals surface area contributed by atoms with Gasteiger partial charge < -0.3 is 15.8 Å². The summed E-state index contributed by atoms with van der Waals surface area (Å²) in [5.74, 6) is 0.404. The van der Waals surface area contributed by atoms with Crippen LogP contribution >= 0.6 is 23.2 Å². The third kappa shape index (κ3) is 4.56. The monoisotopic (exact) mass is 301 g/mol. The van der Waals surface area contributed by atoms with Gasteiger partial charge in [0.25, 0.3) is 0 Å². The number of benzene rings is 1. The molecule has 0 amide bonds. The Morgan fingerprint density at radius 2 is 2.32 bits per heavy atom. The lowest BCUT2D eigenvalue weighted by Crippen LogP contribution is -2.37. The molecule has 2 rings (SSSR count). The number of hydrogen-bond donors (Lipinski definition) is 2. The van der Waals surface area contributed by atoms with Crippen LogP contribution in [0.1, 0.15) is 18.4 Å². The van der Waals surface area contributed by atoms with E-state index in [0.717, 1.165) is 25.0 Å². The number of halogens is 2. The molecule has 1 aliphatic heterocycles. The molecule has 3 N–H and O–H groups in total. The Bertz CT molecular complexity index is 459. The zero-order valence-corrected chi connectivity index (χ0v) is 12.0. The van der Waals surface area contributed by atoms with Crippen molar-refractivity contribution < 1.29 is 4.74 Å². The largest absolute Gasteiger partial charge is 0.376 e. The summed E-state index contributed by atoms with van der Waals surface area (Å²) < 4.78 is 5.49. The van der Waals surface area contributed by atoms with E-state index < -0.39 is 0 Å². The Kier molecular flexibility index (Phi) is 5.31. The molecule has 0 aromatic heterocycles. The Labute approximate surface area is 122 Å². The first-order valence-corrected chi connectivity index (χ1v) is 7.00. The van der Waals surface area contributed by atoms with Crippen molar-refractivity contribution in [3.63, 3.8) is 0 Å². The Hall–Kier alpha value is -0.970. The Morgan fingerprint density at radius 3 is 3.00 bits per heavy atom. The molecular weight excluding hydrogens is 285 g/mol. The molecule has 104 valence electrons. The SMILES string of the molecule is NC(=NCc1ccc(Cl)cc1Cl)NCC1CCCO1. The van der Waals surface area contributed by atoms with Crippen molar-refractivity contribution in [2.24, 2.45) is 10.7 Å². The minimum absolute atomic E-state index is 0.243. The highest BCUT2D eigenvalue weighted by atomic mass is 35.5. The topological polar surface area (TPSA) is 59.6 Å². The lowest BCUT2D eigenvalue weighted by Gasteiger charge is -2.11. The second-order valence-corrected chi connectivity index (χ2v) is 5.30. The first kappa shape index (κ1) is 14.4. The van der Waals surface area contributed by atoms with E-state index in [-0.39, 0.29) is 6.10 Å². The molecule has 1 aromatic carbocycles. The molecule has 0 spiro atoms. The van der Waals surface area contributed by atoms with Crippen LogP contribution < -0.4 is 11.1 Å². The molecule has 6 heteroatoms. The van der Waals surface area contributed by atoms with Crippen LogP contribution in [-0.4, -0.2) is 25.2 Å². The normalized spacial score (nSPS) is 19.7. The lowest BCUT2D eigenvalue weighted by molar-refractivity contribution is 0.114. The summed E-state index contributed by atoms with van der Waals surface area (Å²) in [6.07, 6.45) is 2.43. The molecule has 4 nitrogen and oxygen atoms in total. The highest BCUT2D eigenvalue weighted by molar-refractivity contribution is 6.35. The summed E-state index contributed by atoms with van der Waals surface area (Å²) in [6.45, 7) is 1.97. The van der Waals surface area contributed by atoms with Gasteiger partial charge in [0.15, 0.2) is 5.96 Å². The van der Waals surface area contributed by atoms with E-state index in [4.69, 9.17) is 33.7 Å². The van der Waals surface area contributed by atoms with Gasteiger partial charge >= 0.3 is 0 Å². The van der Waals surface area contributed by atoms with Crippen LogP contribution in [0.15, 0.2) is 23.2 Å². The fourth-order valence-corrected chi connectivity index (χ4v) is 2.37. The van der Waals surface area contributed by atoms with Gasteiger partial charge in [0.1, 0.15) is 0 Å². The second kappa shape index (κ2) is 6.98. The van der Waals surface area contributed by atoms with Gasteiger partial charge in [-0.2, -0.15) is 0 Å². The molecule has 0 saturated carbocycles. The maximum atomic E-state index is 6.06. The van der Waals surface area contributed by atoms with Crippen molar-refractivity contribution in [3.8, 4) is 0 Å². The van der Waals surface area contributed by atoms with E-state index in [0.29, 0.717) is 29.1 Å². The molecule has 1 aliphatic rings. The average Bonchev–Trinajstić information content (AvgIpc) is 2.88. The summed E-state index contributed by atoms with van der Waals surface area (Å²) in [7, 11) is 0. The van der Waals surface area contributed by atoms with E-state index in [9.17, 15) is 0 Å². The van der Waals surface area contributed by atoms with Gasteiger partial charge in [0.05, 0.1) is 12.6 Å². The maximum absolute atomic E-state index is 6.06. The molecule has 0 aliphatic carbocycles. The second-order valence-electron chi connectivity index (χ2n) is 4.45. The summed E-state index contributed by atoms with van der Waals surface area (Å²) in [5.41, 5.74) is 6.69. The van der Waals surface area contributed by atoms with Gasteiger partial charge in [-0.15, -0.1) is 0 Å². The van der Waals surface area contributed by atoms with Gasteiger partial charge in [-0.1, -0.05) is 29.3 Å². The van der Waals surface area contributed by atoms with Gasteiger partial charge in [0, 0.05) is 23.2 Å². The number of nitrogens with zero attached hydrogens (tertiary/aromatic N) is 1. The third-order valence-electron chi connectivity index (χ3n) is 2.97. The van der Waals surface area contributed by atoms with Gasteiger partial charge in [-0.25, -0.2) is 4.99 Å². The van der Waals surface area contributed by atoms with E-state index in [2.05, 4.69) is 10.3 Å². The van der Waals surface area contributed by atoms with Crippen LogP contribution in [0.3, 0.4) is 0 Å². The number of ether oxygens (including phenoxy) is 1. The van der Waals surface area contributed by atoms with E-state index in [1.54, 1.807) is 12.1 Å². The summed E-state index contributed by atoms with van der Waals surface area (Å²) in [5, 5.41) is 4.27. The van der Waals surface area contributed by atoms with Crippen molar-refractivity contribution in [1.29, 1.82) is 0 Å². The van der Waals surface area contributed by atoms with Crippen molar-refractivity contribution in [1.82, 2.24) is 5.32 Å². The predicted octanol–water partition coefficient (Wildman–Crippen LogP) is 2.58. The summed E-state index contributed by atoms with van der Waals surface area (Å²) in [6, 6.07) is 5.33. The molecule has 19 heavy (non-hydrogen) atoms. The first-order valence-electron chi connectivity index (χ1n) is 6.24. The number of rotatable bonds is 4. The third-order valence-corrected chi connectivity index (χ3v) is 3.56. The number of guanidine groups is 1. The predicted molar refractivity (Wildman–Crippen MR) is 78.8 cm³/mol. The standard InChI is InChI=1S/C13H17Cl2N3O/c14-10-4-3-9(12(15)6-10)7-17-13(16)18-8-11-2-1-5-19-11/h3-4,6,11H,1-2,5,7-8H2,(H3,16,17,18). The number of hydrogen-bond acceptors (Lipinski definition) is 2. The van der Waals surface area contributed by atoms with Crippen LogP contribution in [0.4, 0.5) is 0 Å². The fraction of sp³-hybridized carbons (Fsp3) is 0.462. The van der Waals surface area contributed by atoms with Crippen LogP contribution in [0.5, 0.6) is 0 Å². The smallest absolute Gasteiger partial charge is 0.189 e. The van der Waals surface area contributed by atoms with Crippen molar-refractivity contribution in [3.05, 3.63) is 33.8 Å². The summed E-state index contributed by atoms with van der Waals surface area (Å²) in [4.78, 5) is 4.25. The highest BCUT2D eigenvalue weighted by Crippen LogP contribution is 2.21. The van der Waals surface area contributed by atoms with Gasteiger partial charge in [0.2, 0.25) is 0 Å². The molecule has 1 fully saturated rings. The quantitative estimate of drug-likeness (QED) is 0.664. The number of aliphatic imine (C=N–C) groups is 1. The molecule has 0 radical (unpaired) electrons. The van der Waals surface area contributed by atoms with Crippen molar-refractivity contribution in [2.75, 3.05) is 13.2 Å². The highest BCUT2D eigenvalue weighted by Gasteiger charge is 2.14. The maximum Gasteiger partial charge on any atom is 0.189 e. The number of nitrogens with one attached hydrogen (secondary N) is 1. The van der Waals surface area contributed by atoms with Gasteiger partial charge in [-0.3, -0.25) is 0 Å². The molecule has 1 aromatic rings. The fourth-order valence-electron chi connectivity index (χ4n) is 1.90. The molecule has 1 atom stereocenters. The lowest BCUT2D eigenvalue weighted by atomic mass is 10.2. The van der Waals surface area contributed by atoms with Gasteiger partial charge in [-0.05, 0) is 30.5 Å². The van der Waals surface area contributed by atoms with E-state index >= 15 is 0 Å². The molecule has 0 bridgehead atoms. The van der Waals surface area contributed by atoms with Crippen LogP contribution in [0, 0.1) is 0 Å². The minimum Gasteiger partial charge on any atom is -0.376 e. The minimum atomic E-state index is 0.243. The van der Waals surface area contributed by atoms with Crippen molar-refractivity contribution in [2.45, 2.75) is 25.5 Å². The van der Waals surface area contributed by atoms with Crippen molar-refractivity contribution >= 4 is 29.2 Å². The van der Waals surface area contributed by atoms with Crippen LogP contribution in [0.25, 0.3) is 0 Å².